The third kappa shape index (κ3) is 2.70. The number of pyridine rings is 1. The van der Waals surface area contributed by atoms with E-state index in [1.807, 2.05) is 19.9 Å². The van der Waals surface area contributed by atoms with E-state index < -0.39 is 6.10 Å². The zero-order chi connectivity index (χ0) is 9.84. The van der Waals surface area contributed by atoms with Gasteiger partial charge < -0.3 is 9.67 Å². The van der Waals surface area contributed by atoms with Crippen LogP contribution in [0.1, 0.15) is 18.9 Å². The first-order valence-corrected chi connectivity index (χ1v) is 4.48. The molecule has 1 aromatic heterocycles. The molecule has 13 heavy (non-hydrogen) atoms. The maximum atomic E-state index is 11.3. The van der Waals surface area contributed by atoms with E-state index in [-0.39, 0.29) is 5.56 Å². The predicted molar refractivity (Wildman–Crippen MR) is 51.7 cm³/mol. The molecule has 1 rings (SSSR count). The van der Waals surface area contributed by atoms with Crippen LogP contribution in [0.4, 0.5) is 0 Å². The summed E-state index contributed by atoms with van der Waals surface area (Å²) >= 11 is 0. The minimum absolute atomic E-state index is 0.0486. The fourth-order valence-corrected chi connectivity index (χ4v) is 1.11. The lowest BCUT2D eigenvalue weighted by atomic mass is 10.2. The van der Waals surface area contributed by atoms with Crippen molar-refractivity contribution in [3.05, 3.63) is 34.2 Å². The minimum atomic E-state index is -0.430. The molecule has 0 radical (unpaired) electrons. The average molecular weight is 181 g/mol. The molecule has 0 saturated carbocycles. The molecule has 0 saturated heterocycles. The summed E-state index contributed by atoms with van der Waals surface area (Å²) in [5.41, 5.74) is 0.903. The van der Waals surface area contributed by atoms with Crippen LogP contribution in [0.25, 0.3) is 0 Å². The Labute approximate surface area is 77.6 Å². The van der Waals surface area contributed by atoms with Gasteiger partial charge in [-0.05, 0) is 25.0 Å². The second-order valence-corrected chi connectivity index (χ2v) is 3.26. The average Bonchev–Trinajstić information content (AvgIpc) is 2.09. The van der Waals surface area contributed by atoms with E-state index in [9.17, 15) is 9.90 Å². The van der Waals surface area contributed by atoms with E-state index in [0.29, 0.717) is 13.0 Å². The number of rotatable bonds is 3. The van der Waals surface area contributed by atoms with Crippen LogP contribution in [-0.2, 0) is 6.54 Å². The van der Waals surface area contributed by atoms with Crippen LogP contribution in [-0.4, -0.2) is 15.8 Å². The van der Waals surface area contributed by atoms with Gasteiger partial charge in [-0.2, -0.15) is 0 Å². The quantitative estimate of drug-likeness (QED) is 0.753. The summed E-state index contributed by atoms with van der Waals surface area (Å²) in [4.78, 5) is 11.3. The Balaban J connectivity index is 2.84. The number of aliphatic hydroxyl groups excluding tert-OH is 1. The van der Waals surface area contributed by atoms with Gasteiger partial charge in [0.15, 0.2) is 0 Å². The van der Waals surface area contributed by atoms with Gasteiger partial charge in [0.2, 0.25) is 0 Å². The van der Waals surface area contributed by atoms with Crippen LogP contribution in [0, 0.1) is 6.92 Å². The second kappa shape index (κ2) is 4.23. The molecule has 1 atom stereocenters. The summed E-state index contributed by atoms with van der Waals surface area (Å²) in [6, 6.07) is 3.44. The first-order valence-electron chi connectivity index (χ1n) is 4.48. The first kappa shape index (κ1) is 9.99. The normalized spacial score (nSPS) is 12.8. The molecule has 0 aliphatic rings. The predicted octanol–water partition coefficient (Wildman–Crippen LogP) is 0.928. The summed E-state index contributed by atoms with van der Waals surface area (Å²) in [6.45, 7) is 4.15. The molecule has 0 aliphatic carbocycles. The van der Waals surface area contributed by atoms with Crippen molar-refractivity contribution in [1.82, 2.24) is 4.57 Å². The lowest BCUT2D eigenvalue weighted by molar-refractivity contribution is 0.148. The van der Waals surface area contributed by atoms with Crippen molar-refractivity contribution in [3.8, 4) is 0 Å². The smallest absolute Gasteiger partial charge is 0.250 e. The summed E-state index contributed by atoms with van der Waals surface area (Å²) in [7, 11) is 0. The lowest BCUT2D eigenvalue weighted by Gasteiger charge is -2.09. The maximum absolute atomic E-state index is 11.3. The summed E-state index contributed by atoms with van der Waals surface area (Å²) < 4.78 is 1.53. The SMILES string of the molecule is CCC(O)Cn1ccc(C)cc1=O. The van der Waals surface area contributed by atoms with Gasteiger partial charge in [0.25, 0.3) is 5.56 Å². The number of aromatic nitrogens is 1. The molecule has 0 spiro atoms. The first-order chi connectivity index (χ1) is 6.13. The molecule has 72 valence electrons. The summed E-state index contributed by atoms with van der Waals surface area (Å²) in [6.07, 6.45) is 1.96. The van der Waals surface area contributed by atoms with Crippen LogP contribution in [0.15, 0.2) is 23.1 Å². The molecule has 0 bridgehead atoms. The van der Waals surface area contributed by atoms with Crippen molar-refractivity contribution in [1.29, 1.82) is 0 Å². The lowest BCUT2D eigenvalue weighted by Crippen LogP contribution is -2.25. The zero-order valence-corrected chi connectivity index (χ0v) is 8.03. The Morgan fingerprint density at radius 2 is 2.31 bits per heavy atom. The van der Waals surface area contributed by atoms with E-state index >= 15 is 0 Å². The van der Waals surface area contributed by atoms with Gasteiger partial charge in [0.05, 0.1) is 12.6 Å². The number of aryl methyl sites for hydroxylation is 1. The topological polar surface area (TPSA) is 42.2 Å². The van der Waals surface area contributed by atoms with Gasteiger partial charge in [-0.15, -0.1) is 0 Å². The summed E-state index contributed by atoms with van der Waals surface area (Å²) in [5, 5.41) is 9.35. The monoisotopic (exact) mass is 181 g/mol. The number of hydrogen-bond donors (Lipinski definition) is 1. The molecule has 1 heterocycles. The third-order valence-electron chi connectivity index (χ3n) is 2.03. The third-order valence-corrected chi connectivity index (χ3v) is 2.03. The van der Waals surface area contributed by atoms with Crippen molar-refractivity contribution in [3.63, 3.8) is 0 Å². The van der Waals surface area contributed by atoms with Crippen molar-refractivity contribution >= 4 is 0 Å². The molecule has 3 nitrogen and oxygen atoms in total. The molecule has 0 amide bonds. The van der Waals surface area contributed by atoms with Crippen LogP contribution >= 0.6 is 0 Å². The highest BCUT2D eigenvalue weighted by Gasteiger charge is 2.02. The van der Waals surface area contributed by atoms with Gasteiger partial charge >= 0.3 is 0 Å². The number of nitrogens with zero attached hydrogens (tertiary/aromatic N) is 1. The van der Waals surface area contributed by atoms with Crippen molar-refractivity contribution in [2.45, 2.75) is 32.9 Å². The van der Waals surface area contributed by atoms with Crippen LogP contribution in [0.5, 0.6) is 0 Å². The molecule has 1 unspecified atom stereocenters. The van der Waals surface area contributed by atoms with Gasteiger partial charge in [-0.1, -0.05) is 6.92 Å². The molecule has 1 N–H and O–H groups in total. The van der Waals surface area contributed by atoms with Gasteiger partial charge in [0.1, 0.15) is 0 Å². The highest BCUT2D eigenvalue weighted by atomic mass is 16.3. The second-order valence-electron chi connectivity index (χ2n) is 3.26. The van der Waals surface area contributed by atoms with Crippen LogP contribution in [0.3, 0.4) is 0 Å². The Kier molecular flexibility index (Phi) is 3.25. The highest BCUT2D eigenvalue weighted by molar-refractivity contribution is 5.08. The molecular weight excluding hydrogens is 166 g/mol. The van der Waals surface area contributed by atoms with Crippen molar-refractivity contribution in [2.24, 2.45) is 0 Å². The molecular formula is C10H15NO2. The Bertz CT molecular complexity index is 330. The molecule has 1 aromatic rings. The van der Waals surface area contributed by atoms with Gasteiger partial charge in [-0.25, -0.2) is 0 Å². The molecule has 0 aromatic carbocycles. The van der Waals surface area contributed by atoms with E-state index in [4.69, 9.17) is 0 Å². The number of aliphatic hydroxyl groups is 1. The molecule has 0 aliphatic heterocycles. The van der Waals surface area contributed by atoms with Crippen molar-refractivity contribution in [2.75, 3.05) is 0 Å². The Morgan fingerprint density at radius 3 is 2.85 bits per heavy atom. The Hall–Kier alpha value is -1.09. The van der Waals surface area contributed by atoms with E-state index in [1.165, 1.54) is 4.57 Å². The van der Waals surface area contributed by atoms with Crippen LogP contribution in [0.2, 0.25) is 0 Å². The summed E-state index contributed by atoms with van der Waals surface area (Å²) in [5.74, 6) is 0. The van der Waals surface area contributed by atoms with E-state index in [2.05, 4.69) is 0 Å². The van der Waals surface area contributed by atoms with Gasteiger partial charge in [0, 0.05) is 12.3 Å². The van der Waals surface area contributed by atoms with Crippen LogP contribution < -0.4 is 5.56 Å². The largest absolute Gasteiger partial charge is 0.391 e. The Morgan fingerprint density at radius 1 is 1.62 bits per heavy atom. The molecule has 0 fully saturated rings. The fraction of sp³-hybridized carbons (Fsp3) is 0.500. The minimum Gasteiger partial charge on any atom is -0.391 e. The zero-order valence-electron chi connectivity index (χ0n) is 8.03. The van der Waals surface area contributed by atoms with Gasteiger partial charge in [-0.3, -0.25) is 4.79 Å². The molecule has 3 heteroatoms. The highest BCUT2D eigenvalue weighted by Crippen LogP contribution is 1.95. The standard InChI is InChI=1S/C10H15NO2/c1-3-9(12)7-11-5-4-8(2)6-10(11)13/h4-6,9,12H,3,7H2,1-2H3. The van der Waals surface area contributed by atoms with E-state index in [1.54, 1.807) is 12.3 Å². The fourth-order valence-electron chi connectivity index (χ4n) is 1.11. The van der Waals surface area contributed by atoms with Crippen molar-refractivity contribution < 1.29 is 5.11 Å². The number of hydrogen-bond acceptors (Lipinski definition) is 2. The maximum Gasteiger partial charge on any atom is 0.250 e. The van der Waals surface area contributed by atoms with E-state index in [0.717, 1.165) is 5.56 Å².